The number of tetrazole rings is 1. The Labute approximate surface area is 167 Å². The van der Waals surface area contributed by atoms with Crippen molar-refractivity contribution in [2.24, 2.45) is 0 Å². The van der Waals surface area contributed by atoms with Crippen LogP contribution in [0.5, 0.6) is 0 Å². The molecule has 0 saturated carbocycles. The van der Waals surface area contributed by atoms with E-state index in [4.69, 9.17) is 0 Å². The number of halogens is 1. The fourth-order valence-electron chi connectivity index (χ4n) is 2.81. The van der Waals surface area contributed by atoms with E-state index in [1.54, 1.807) is 6.92 Å². The van der Waals surface area contributed by atoms with Gasteiger partial charge in [0.1, 0.15) is 11.6 Å². The molecule has 10 heteroatoms. The zero-order valence-corrected chi connectivity index (χ0v) is 16.6. The number of rotatable bonds is 8. The highest BCUT2D eigenvalue weighted by Gasteiger charge is 2.18. The molecule has 3 rings (SSSR count). The van der Waals surface area contributed by atoms with E-state index in [1.807, 2.05) is 30.3 Å². The Morgan fingerprint density at radius 2 is 1.93 bits per heavy atom. The summed E-state index contributed by atoms with van der Waals surface area (Å²) in [4.78, 5) is 12.2. The number of nitrogens with zero attached hydrogens (tertiary/aromatic N) is 4. The smallest absolute Gasteiger partial charge is 0.239 e. The molecule has 0 spiro atoms. The fraction of sp³-hybridized carbons (Fsp3) is 0.263. The molecule has 8 nitrogen and oxygen atoms in total. The number of carbonyl (C=O) groups excluding carboxylic acids is 1. The summed E-state index contributed by atoms with van der Waals surface area (Å²) in [5.41, 5.74) is 1.33. The van der Waals surface area contributed by atoms with Gasteiger partial charge in [-0.25, -0.2) is 12.8 Å². The second-order valence-corrected chi connectivity index (χ2v) is 8.72. The number of nitrogens with one attached hydrogen (secondary N) is 1. The van der Waals surface area contributed by atoms with E-state index in [1.165, 1.54) is 16.8 Å². The lowest BCUT2D eigenvalue weighted by molar-refractivity contribution is -0.113. The molecule has 1 amide bonds. The van der Waals surface area contributed by atoms with Gasteiger partial charge in [0.05, 0.1) is 17.1 Å². The van der Waals surface area contributed by atoms with E-state index >= 15 is 0 Å². The predicted octanol–water partition coefficient (Wildman–Crippen LogP) is 2.10. The molecule has 0 aliphatic carbocycles. The van der Waals surface area contributed by atoms with Crippen LogP contribution < -0.4 is 5.32 Å². The zero-order valence-electron chi connectivity index (χ0n) is 15.7. The Morgan fingerprint density at radius 1 is 1.17 bits per heavy atom. The van der Waals surface area contributed by atoms with Gasteiger partial charge in [0.15, 0.2) is 15.7 Å². The molecule has 2 aromatic carbocycles. The minimum absolute atomic E-state index is 0.123. The average Bonchev–Trinajstić information content (AvgIpc) is 3.10. The van der Waals surface area contributed by atoms with E-state index < -0.39 is 27.3 Å². The first-order chi connectivity index (χ1) is 13.8. The van der Waals surface area contributed by atoms with Gasteiger partial charge in [0.25, 0.3) is 0 Å². The third-order valence-electron chi connectivity index (χ3n) is 4.21. The number of hydrogen-bond acceptors (Lipinski definition) is 6. The van der Waals surface area contributed by atoms with Gasteiger partial charge in [-0.2, -0.15) is 4.68 Å². The fourth-order valence-corrected chi connectivity index (χ4v) is 4.01. The van der Waals surface area contributed by atoms with Gasteiger partial charge < -0.3 is 5.32 Å². The molecular weight excluding hydrogens is 397 g/mol. The minimum atomic E-state index is -3.62. The van der Waals surface area contributed by atoms with Crippen molar-refractivity contribution in [2.45, 2.75) is 19.8 Å². The van der Waals surface area contributed by atoms with Crippen LogP contribution in [0, 0.1) is 12.7 Å². The molecule has 0 aliphatic heterocycles. The van der Waals surface area contributed by atoms with Crippen molar-refractivity contribution < 1.29 is 17.6 Å². The molecule has 0 unspecified atom stereocenters. The van der Waals surface area contributed by atoms with Crippen LogP contribution in [0.2, 0.25) is 0 Å². The monoisotopic (exact) mass is 417 g/mol. The van der Waals surface area contributed by atoms with Crippen LogP contribution in [0.25, 0.3) is 5.69 Å². The normalized spacial score (nSPS) is 11.4. The summed E-state index contributed by atoms with van der Waals surface area (Å²) in [5.74, 6) is -1.84. The molecule has 0 fully saturated rings. The maximum Gasteiger partial charge on any atom is 0.239 e. The number of amides is 1. The lowest BCUT2D eigenvalue weighted by atomic mass is 10.1. The first kappa shape index (κ1) is 20.6. The van der Waals surface area contributed by atoms with Gasteiger partial charge in [-0.05, 0) is 54.0 Å². The molecule has 29 heavy (non-hydrogen) atoms. The van der Waals surface area contributed by atoms with Crippen molar-refractivity contribution in [1.29, 1.82) is 0 Å². The van der Waals surface area contributed by atoms with Crippen LogP contribution >= 0.6 is 0 Å². The number of hydrogen-bond donors (Lipinski definition) is 1. The topological polar surface area (TPSA) is 107 Å². The number of benzene rings is 2. The van der Waals surface area contributed by atoms with Gasteiger partial charge in [-0.3, -0.25) is 4.79 Å². The van der Waals surface area contributed by atoms with Crippen LogP contribution in [0.4, 0.5) is 10.1 Å². The minimum Gasteiger partial charge on any atom is -0.323 e. The SMILES string of the molecule is Cc1nnnn1-c1ccc(F)c(NC(=O)CS(=O)(=O)CCCc2ccccc2)c1. The van der Waals surface area contributed by atoms with Gasteiger partial charge in [0.2, 0.25) is 5.91 Å². The van der Waals surface area contributed by atoms with Gasteiger partial charge in [-0.1, -0.05) is 30.3 Å². The van der Waals surface area contributed by atoms with E-state index in [2.05, 4.69) is 20.8 Å². The van der Waals surface area contributed by atoms with E-state index in [-0.39, 0.29) is 11.4 Å². The number of sulfone groups is 1. The highest BCUT2D eigenvalue weighted by Crippen LogP contribution is 2.19. The summed E-state index contributed by atoms with van der Waals surface area (Å²) in [6, 6.07) is 13.4. The molecule has 1 N–H and O–H groups in total. The summed E-state index contributed by atoms with van der Waals surface area (Å²) in [7, 11) is -3.62. The van der Waals surface area contributed by atoms with Crippen LogP contribution in [-0.2, 0) is 21.1 Å². The van der Waals surface area contributed by atoms with E-state index in [0.717, 1.165) is 11.6 Å². The van der Waals surface area contributed by atoms with E-state index in [9.17, 15) is 17.6 Å². The molecule has 0 aliphatic rings. The predicted molar refractivity (Wildman–Crippen MR) is 106 cm³/mol. The van der Waals surface area contributed by atoms with Crippen LogP contribution in [-0.4, -0.2) is 46.0 Å². The largest absolute Gasteiger partial charge is 0.323 e. The van der Waals surface area contributed by atoms with E-state index in [0.29, 0.717) is 24.4 Å². The molecule has 0 saturated heterocycles. The quantitative estimate of drug-likeness (QED) is 0.602. The van der Waals surface area contributed by atoms with Crippen molar-refractivity contribution in [3.8, 4) is 5.69 Å². The summed E-state index contributed by atoms with van der Waals surface area (Å²) in [5, 5.41) is 13.4. The zero-order chi connectivity index (χ0) is 20.9. The Kier molecular flexibility index (Phi) is 6.32. The van der Waals surface area contributed by atoms with Crippen molar-refractivity contribution in [2.75, 3.05) is 16.8 Å². The second kappa shape index (κ2) is 8.91. The Bertz CT molecular complexity index is 1100. The molecule has 152 valence electrons. The second-order valence-electron chi connectivity index (χ2n) is 6.53. The molecule has 0 atom stereocenters. The lowest BCUT2D eigenvalue weighted by Crippen LogP contribution is -2.25. The molecule has 1 heterocycles. The van der Waals surface area contributed by atoms with Crippen molar-refractivity contribution in [1.82, 2.24) is 20.2 Å². The molecule has 1 aromatic heterocycles. The number of anilines is 1. The first-order valence-corrected chi connectivity index (χ1v) is 10.8. The molecule has 0 bridgehead atoms. The maximum atomic E-state index is 14.1. The summed E-state index contributed by atoms with van der Waals surface area (Å²) >= 11 is 0. The summed E-state index contributed by atoms with van der Waals surface area (Å²) in [6.07, 6.45) is 1.01. The summed E-state index contributed by atoms with van der Waals surface area (Å²) < 4.78 is 39.9. The summed E-state index contributed by atoms with van der Waals surface area (Å²) in [6.45, 7) is 1.67. The van der Waals surface area contributed by atoms with Gasteiger partial charge in [-0.15, -0.1) is 5.10 Å². The highest BCUT2D eigenvalue weighted by atomic mass is 32.2. The van der Waals surface area contributed by atoms with Crippen molar-refractivity contribution >= 4 is 21.4 Å². The molecule has 3 aromatic rings. The average molecular weight is 417 g/mol. The van der Waals surface area contributed by atoms with Crippen LogP contribution in [0.3, 0.4) is 0 Å². The Hall–Kier alpha value is -3.14. The van der Waals surface area contributed by atoms with Gasteiger partial charge >= 0.3 is 0 Å². The first-order valence-electron chi connectivity index (χ1n) is 8.93. The standard InChI is InChI=1S/C19H20FN5O3S/c1-14-22-23-24-25(14)16-9-10-17(20)18(12-16)21-19(26)13-29(27,28)11-5-8-15-6-3-2-4-7-15/h2-4,6-7,9-10,12H,5,8,11,13H2,1H3,(H,21,26). The third kappa shape index (κ3) is 5.67. The van der Waals surface area contributed by atoms with Crippen LogP contribution in [0.1, 0.15) is 17.8 Å². The maximum absolute atomic E-state index is 14.1. The Balaban J connectivity index is 1.60. The van der Waals surface area contributed by atoms with Crippen LogP contribution in [0.15, 0.2) is 48.5 Å². The number of carbonyl (C=O) groups is 1. The highest BCUT2D eigenvalue weighted by molar-refractivity contribution is 7.92. The van der Waals surface area contributed by atoms with Gasteiger partial charge in [0, 0.05) is 0 Å². The molecular formula is C19H20FN5O3S. The lowest BCUT2D eigenvalue weighted by Gasteiger charge is -2.10. The third-order valence-corrected chi connectivity index (χ3v) is 5.82. The Morgan fingerprint density at radius 3 is 2.62 bits per heavy atom. The molecule has 0 radical (unpaired) electrons. The number of aryl methyl sites for hydroxylation is 2. The number of aromatic nitrogens is 4. The van der Waals surface area contributed by atoms with Crippen molar-refractivity contribution in [3.63, 3.8) is 0 Å². The van der Waals surface area contributed by atoms with Crippen molar-refractivity contribution in [3.05, 3.63) is 65.7 Å².